The minimum absolute atomic E-state index is 0.130. The molecule has 0 bridgehead atoms. The third-order valence-corrected chi connectivity index (χ3v) is 3.44. The number of nitrogens with zero attached hydrogens (tertiary/aromatic N) is 1. The summed E-state index contributed by atoms with van der Waals surface area (Å²) in [5.74, 6) is 1.50. The smallest absolute Gasteiger partial charge is 0.252 e. The Balaban J connectivity index is 3.07. The standard InChI is InChI=1S/C13H24N4O/c1-5-13(6-2,8-14)17-10-7-11(18)16-12(15-10)9(3)4/h7,9H,5-6,8,14H2,1-4H3,(H2,15,16,17,18). The van der Waals surface area contributed by atoms with Crippen molar-refractivity contribution in [1.29, 1.82) is 0 Å². The van der Waals surface area contributed by atoms with Crippen LogP contribution in [0, 0.1) is 0 Å². The first kappa shape index (κ1) is 14.7. The van der Waals surface area contributed by atoms with Gasteiger partial charge in [0.2, 0.25) is 0 Å². The van der Waals surface area contributed by atoms with Crippen molar-refractivity contribution < 1.29 is 0 Å². The minimum atomic E-state index is -0.185. The van der Waals surface area contributed by atoms with Gasteiger partial charge in [0.1, 0.15) is 11.6 Å². The summed E-state index contributed by atoms with van der Waals surface area (Å²) in [6, 6.07) is 1.49. The van der Waals surface area contributed by atoms with Crippen molar-refractivity contribution >= 4 is 5.82 Å². The molecule has 1 rings (SSSR count). The first-order valence-electron chi connectivity index (χ1n) is 6.56. The van der Waals surface area contributed by atoms with Gasteiger partial charge in [-0.05, 0) is 12.8 Å². The lowest BCUT2D eigenvalue weighted by atomic mass is 9.93. The van der Waals surface area contributed by atoms with E-state index in [1.165, 1.54) is 6.07 Å². The Morgan fingerprint density at radius 2 is 2.06 bits per heavy atom. The molecule has 0 unspecified atom stereocenters. The molecule has 0 spiro atoms. The molecule has 1 aromatic heterocycles. The number of nitrogens with two attached hydrogens (primary N) is 1. The van der Waals surface area contributed by atoms with Crippen LogP contribution in [0.5, 0.6) is 0 Å². The van der Waals surface area contributed by atoms with Crippen LogP contribution < -0.4 is 16.6 Å². The molecule has 0 atom stereocenters. The fourth-order valence-electron chi connectivity index (χ4n) is 1.85. The molecule has 5 nitrogen and oxygen atoms in total. The fourth-order valence-corrected chi connectivity index (χ4v) is 1.85. The molecular formula is C13H24N4O. The molecule has 5 heteroatoms. The Morgan fingerprint density at radius 3 is 2.50 bits per heavy atom. The van der Waals surface area contributed by atoms with Crippen LogP contribution in [0.15, 0.2) is 10.9 Å². The van der Waals surface area contributed by atoms with E-state index in [9.17, 15) is 4.79 Å². The van der Waals surface area contributed by atoms with Gasteiger partial charge in [0.05, 0.1) is 5.54 Å². The second-order valence-corrected chi connectivity index (χ2v) is 4.99. The van der Waals surface area contributed by atoms with Gasteiger partial charge in [-0.2, -0.15) is 0 Å². The van der Waals surface area contributed by atoms with E-state index in [1.54, 1.807) is 0 Å². The molecule has 0 saturated heterocycles. The van der Waals surface area contributed by atoms with Crippen LogP contribution in [0.2, 0.25) is 0 Å². The van der Waals surface area contributed by atoms with Gasteiger partial charge < -0.3 is 16.0 Å². The summed E-state index contributed by atoms with van der Waals surface area (Å²) in [6.45, 7) is 8.68. The Kier molecular flexibility index (Phi) is 4.90. The maximum Gasteiger partial charge on any atom is 0.252 e. The predicted octanol–water partition coefficient (Wildman–Crippen LogP) is 1.82. The Labute approximate surface area is 108 Å². The van der Waals surface area contributed by atoms with Gasteiger partial charge in [-0.25, -0.2) is 4.98 Å². The van der Waals surface area contributed by atoms with Crippen LogP contribution in [0.1, 0.15) is 52.3 Å². The molecule has 4 N–H and O–H groups in total. The summed E-state index contributed by atoms with van der Waals surface area (Å²) in [4.78, 5) is 18.8. The Morgan fingerprint density at radius 1 is 1.44 bits per heavy atom. The quantitative estimate of drug-likeness (QED) is 0.721. The average Bonchev–Trinajstić information content (AvgIpc) is 2.35. The van der Waals surface area contributed by atoms with Crippen LogP contribution in [0.4, 0.5) is 5.82 Å². The van der Waals surface area contributed by atoms with Crippen molar-refractivity contribution in [3.63, 3.8) is 0 Å². The minimum Gasteiger partial charge on any atom is -0.363 e. The molecule has 0 radical (unpaired) electrons. The van der Waals surface area contributed by atoms with Gasteiger partial charge in [0, 0.05) is 18.5 Å². The van der Waals surface area contributed by atoms with Gasteiger partial charge in [0.25, 0.3) is 5.56 Å². The van der Waals surface area contributed by atoms with E-state index in [4.69, 9.17) is 5.73 Å². The topological polar surface area (TPSA) is 83.8 Å². The zero-order valence-corrected chi connectivity index (χ0v) is 11.7. The number of aromatic amines is 1. The van der Waals surface area contributed by atoms with Crippen molar-refractivity contribution in [1.82, 2.24) is 9.97 Å². The molecule has 18 heavy (non-hydrogen) atoms. The number of aromatic nitrogens is 2. The van der Waals surface area contributed by atoms with E-state index in [0.717, 1.165) is 12.8 Å². The van der Waals surface area contributed by atoms with Gasteiger partial charge in [0.15, 0.2) is 0 Å². The first-order valence-corrected chi connectivity index (χ1v) is 6.56. The molecule has 0 aliphatic carbocycles. The molecule has 0 aliphatic heterocycles. The fraction of sp³-hybridized carbons (Fsp3) is 0.692. The molecule has 0 fully saturated rings. The van der Waals surface area contributed by atoms with Gasteiger partial charge in [-0.3, -0.25) is 4.79 Å². The zero-order valence-electron chi connectivity index (χ0n) is 11.7. The lowest BCUT2D eigenvalue weighted by Gasteiger charge is -2.32. The second-order valence-electron chi connectivity index (χ2n) is 4.99. The molecule has 0 aliphatic rings. The summed E-state index contributed by atoms with van der Waals surface area (Å²) in [5, 5.41) is 3.32. The van der Waals surface area contributed by atoms with Gasteiger partial charge >= 0.3 is 0 Å². The molecule has 1 heterocycles. The van der Waals surface area contributed by atoms with Crippen LogP contribution >= 0.6 is 0 Å². The highest BCUT2D eigenvalue weighted by molar-refractivity contribution is 5.37. The van der Waals surface area contributed by atoms with E-state index in [0.29, 0.717) is 18.2 Å². The number of rotatable bonds is 6. The van der Waals surface area contributed by atoms with E-state index in [2.05, 4.69) is 29.1 Å². The van der Waals surface area contributed by atoms with Crippen molar-refractivity contribution in [2.45, 2.75) is 52.0 Å². The lowest BCUT2D eigenvalue weighted by Crippen LogP contribution is -2.45. The number of nitrogens with one attached hydrogen (secondary N) is 2. The molecule has 0 amide bonds. The van der Waals surface area contributed by atoms with E-state index >= 15 is 0 Å². The molecule has 1 aromatic rings. The highest BCUT2D eigenvalue weighted by Crippen LogP contribution is 2.20. The maximum absolute atomic E-state index is 11.6. The molecule has 0 saturated carbocycles. The molecular weight excluding hydrogens is 228 g/mol. The molecule has 0 aromatic carbocycles. The zero-order chi connectivity index (χ0) is 13.8. The highest BCUT2D eigenvalue weighted by Gasteiger charge is 2.24. The van der Waals surface area contributed by atoms with Gasteiger partial charge in [-0.15, -0.1) is 0 Å². The maximum atomic E-state index is 11.6. The lowest BCUT2D eigenvalue weighted by molar-refractivity contribution is 0.443. The number of hydrogen-bond donors (Lipinski definition) is 3. The largest absolute Gasteiger partial charge is 0.363 e. The van der Waals surface area contributed by atoms with Crippen molar-refractivity contribution in [3.05, 3.63) is 22.2 Å². The van der Waals surface area contributed by atoms with E-state index in [1.807, 2.05) is 13.8 Å². The number of anilines is 1. The second kappa shape index (κ2) is 6.00. The number of H-pyrrole nitrogens is 1. The van der Waals surface area contributed by atoms with E-state index < -0.39 is 0 Å². The Hall–Kier alpha value is -1.36. The van der Waals surface area contributed by atoms with Crippen LogP contribution in [0.3, 0.4) is 0 Å². The first-order chi connectivity index (χ1) is 8.46. The number of hydrogen-bond acceptors (Lipinski definition) is 4. The highest BCUT2D eigenvalue weighted by atomic mass is 16.1. The monoisotopic (exact) mass is 252 g/mol. The van der Waals surface area contributed by atoms with Gasteiger partial charge in [-0.1, -0.05) is 27.7 Å². The predicted molar refractivity (Wildman–Crippen MR) is 74.9 cm³/mol. The summed E-state index contributed by atoms with van der Waals surface area (Å²) in [6.07, 6.45) is 1.79. The average molecular weight is 252 g/mol. The van der Waals surface area contributed by atoms with Crippen molar-refractivity contribution in [3.8, 4) is 0 Å². The summed E-state index contributed by atoms with van der Waals surface area (Å²) in [7, 11) is 0. The third kappa shape index (κ3) is 3.32. The molecule has 102 valence electrons. The summed E-state index contributed by atoms with van der Waals surface area (Å²) in [5.41, 5.74) is 5.52. The van der Waals surface area contributed by atoms with E-state index in [-0.39, 0.29) is 17.0 Å². The summed E-state index contributed by atoms with van der Waals surface area (Å²) < 4.78 is 0. The normalized spacial score (nSPS) is 11.9. The Bertz CT molecular complexity index is 427. The van der Waals surface area contributed by atoms with Crippen molar-refractivity contribution in [2.24, 2.45) is 5.73 Å². The van der Waals surface area contributed by atoms with Crippen molar-refractivity contribution in [2.75, 3.05) is 11.9 Å². The van der Waals surface area contributed by atoms with Crippen LogP contribution in [-0.2, 0) is 0 Å². The SMILES string of the molecule is CCC(CC)(CN)Nc1cc(=O)[nH]c(C(C)C)n1. The van der Waals surface area contributed by atoms with Crippen LogP contribution in [0.25, 0.3) is 0 Å². The summed E-state index contributed by atoms with van der Waals surface area (Å²) >= 11 is 0. The van der Waals surface area contributed by atoms with Crippen LogP contribution in [-0.4, -0.2) is 22.1 Å². The third-order valence-electron chi connectivity index (χ3n) is 3.44.